The Hall–Kier alpha value is -1.98. The second kappa shape index (κ2) is 3.61. The van der Waals surface area contributed by atoms with Gasteiger partial charge in [0.25, 0.3) is 0 Å². The van der Waals surface area contributed by atoms with Crippen LogP contribution in [0, 0.1) is 0 Å². The molecule has 2 N–H and O–H groups in total. The van der Waals surface area contributed by atoms with Gasteiger partial charge >= 0.3 is 5.97 Å². The SMILES string of the molecule is CC(=O)Nc1cc(C(=O)O)ncn1. The van der Waals surface area contributed by atoms with Crippen molar-refractivity contribution in [3.05, 3.63) is 18.1 Å². The lowest BCUT2D eigenvalue weighted by atomic mass is 10.4. The highest BCUT2D eigenvalue weighted by atomic mass is 16.4. The van der Waals surface area contributed by atoms with Crippen molar-refractivity contribution in [2.75, 3.05) is 5.32 Å². The molecule has 1 aromatic heterocycles. The summed E-state index contributed by atoms with van der Waals surface area (Å²) in [5.41, 5.74) is -0.154. The van der Waals surface area contributed by atoms with E-state index in [9.17, 15) is 9.59 Å². The number of carboxylic acids is 1. The highest BCUT2D eigenvalue weighted by molar-refractivity contribution is 5.90. The van der Waals surface area contributed by atoms with Gasteiger partial charge in [0.2, 0.25) is 5.91 Å². The fourth-order valence-electron chi connectivity index (χ4n) is 0.723. The predicted molar refractivity (Wildman–Crippen MR) is 43.3 cm³/mol. The highest BCUT2D eigenvalue weighted by Gasteiger charge is 2.05. The zero-order chi connectivity index (χ0) is 9.84. The normalized spacial score (nSPS) is 9.31. The Morgan fingerprint density at radius 1 is 1.46 bits per heavy atom. The second-order valence-electron chi connectivity index (χ2n) is 2.27. The molecule has 0 aliphatic heterocycles. The van der Waals surface area contributed by atoms with E-state index in [1.165, 1.54) is 13.0 Å². The molecule has 0 unspecified atom stereocenters. The molecule has 0 aliphatic carbocycles. The molecular formula is C7H7N3O3. The van der Waals surface area contributed by atoms with E-state index in [2.05, 4.69) is 15.3 Å². The first-order chi connectivity index (χ1) is 6.09. The van der Waals surface area contributed by atoms with E-state index in [-0.39, 0.29) is 17.4 Å². The molecule has 0 aromatic carbocycles. The van der Waals surface area contributed by atoms with Crippen LogP contribution < -0.4 is 5.32 Å². The van der Waals surface area contributed by atoms with Crippen molar-refractivity contribution >= 4 is 17.7 Å². The predicted octanol–water partition coefficient (Wildman–Crippen LogP) is 0.133. The molecule has 0 spiro atoms. The maximum absolute atomic E-state index is 10.6. The molecule has 1 heterocycles. The van der Waals surface area contributed by atoms with Crippen molar-refractivity contribution in [1.82, 2.24) is 9.97 Å². The van der Waals surface area contributed by atoms with Crippen molar-refractivity contribution in [1.29, 1.82) is 0 Å². The molecular weight excluding hydrogens is 174 g/mol. The average Bonchev–Trinajstić information content (AvgIpc) is 2.03. The summed E-state index contributed by atoms with van der Waals surface area (Å²) >= 11 is 0. The highest BCUT2D eigenvalue weighted by Crippen LogP contribution is 2.03. The Labute approximate surface area is 73.6 Å². The molecule has 0 fully saturated rings. The van der Waals surface area contributed by atoms with Crippen molar-refractivity contribution in [3.63, 3.8) is 0 Å². The third-order valence-corrected chi connectivity index (χ3v) is 1.19. The Kier molecular flexibility index (Phi) is 2.53. The van der Waals surface area contributed by atoms with Gasteiger partial charge in [-0.1, -0.05) is 0 Å². The fourth-order valence-corrected chi connectivity index (χ4v) is 0.723. The third kappa shape index (κ3) is 2.51. The second-order valence-corrected chi connectivity index (χ2v) is 2.27. The summed E-state index contributed by atoms with van der Waals surface area (Å²) in [6.45, 7) is 1.31. The van der Waals surface area contributed by atoms with Crippen LogP contribution in [-0.2, 0) is 4.79 Å². The van der Waals surface area contributed by atoms with Gasteiger partial charge in [0, 0.05) is 13.0 Å². The van der Waals surface area contributed by atoms with Gasteiger partial charge in [0.15, 0.2) is 5.69 Å². The number of carbonyl (C=O) groups excluding carboxylic acids is 1. The van der Waals surface area contributed by atoms with Gasteiger partial charge in [-0.05, 0) is 0 Å². The van der Waals surface area contributed by atoms with Crippen LogP contribution in [0.15, 0.2) is 12.4 Å². The number of amides is 1. The molecule has 0 saturated heterocycles. The van der Waals surface area contributed by atoms with E-state index in [1.807, 2.05) is 0 Å². The number of nitrogens with one attached hydrogen (secondary N) is 1. The summed E-state index contributed by atoms with van der Waals surface area (Å²) in [7, 11) is 0. The summed E-state index contributed by atoms with van der Waals surface area (Å²) in [6, 6.07) is 1.18. The van der Waals surface area contributed by atoms with Crippen LogP contribution in [0.3, 0.4) is 0 Å². The van der Waals surface area contributed by atoms with E-state index in [0.29, 0.717) is 0 Å². The van der Waals surface area contributed by atoms with E-state index < -0.39 is 5.97 Å². The molecule has 13 heavy (non-hydrogen) atoms. The molecule has 6 heteroatoms. The van der Waals surface area contributed by atoms with Crippen molar-refractivity contribution in [2.24, 2.45) is 0 Å². The van der Waals surface area contributed by atoms with Gasteiger partial charge in [-0.15, -0.1) is 0 Å². The molecule has 1 aromatic rings. The van der Waals surface area contributed by atoms with Gasteiger partial charge in [-0.25, -0.2) is 14.8 Å². The molecule has 1 rings (SSSR count). The van der Waals surface area contributed by atoms with Gasteiger partial charge in [0.1, 0.15) is 12.1 Å². The quantitative estimate of drug-likeness (QED) is 0.676. The van der Waals surface area contributed by atoms with Crippen LogP contribution in [0.1, 0.15) is 17.4 Å². The summed E-state index contributed by atoms with van der Waals surface area (Å²) in [4.78, 5) is 28.2. The molecule has 6 nitrogen and oxygen atoms in total. The Balaban J connectivity index is 2.91. The minimum absolute atomic E-state index is 0.154. The van der Waals surface area contributed by atoms with Crippen LogP contribution in [0.25, 0.3) is 0 Å². The molecule has 0 radical (unpaired) electrons. The number of anilines is 1. The lowest BCUT2D eigenvalue weighted by molar-refractivity contribution is -0.114. The van der Waals surface area contributed by atoms with E-state index >= 15 is 0 Å². The number of aromatic carboxylic acids is 1. The number of nitrogens with zero attached hydrogens (tertiary/aromatic N) is 2. The van der Waals surface area contributed by atoms with Gasteiger partial charge in [-0.2, -0.15) is 0 Å². The fraction of sp³-hybridized carbons (Fsp3) is 0.143. The monoisotopic (exact) mass is 181 g/mol. The number of rotatable bonds is 2. The zero-order valence-corrected chi connectivity index (χ0v) is 6.81. The number of carbonyl (C=O) groups is 2. The Morgan fingerprint density at radius 2 is 2.15 bits per heavy atom. The number of hydrogen-bond donors (Lipinski definition) is 2. The van der Waals surface area contributed by atoms with Crippen molar-refractivity contribution in [3.8, 4) is 0 Å². The van der Waals surface area contributed by atoms with Crippen LogP contribution in [0.4, 0.5) is 5.82 Å². The molecule has 68 valence electrons. The molecule has 0 bridgehead atoms. The minimum Gasteiger partial charge on any atom is -0.477 e. The standard InChI is InChI=1S/C7H7N3O3/c1-4(11)10-6-2-5(7(12)13)8-3-9-6/h2-3H,1H3,(H,12,13)(H,8,9,10,11). The summed E-state index contributed by atoms with van der Waals surface area (Å²) in [5, 5.41) is 10.9. The van der Waals surface area contributed by atoms with Gasteiger partial charge in [0.05, 0.1) is 0 Å². The maximum atomic E-state index is 10.6. The van der Waals surface area contributed by atoms with Crippen LogP contribution in [0.5, 0.6) is 0 Å². The Morgan fingerprint density at radius 3 is 2.69 bits per heavy atom. The first kappa shape index (κ1) is 9.11. The van der Waals surface area contributed by atoms with E-state index in [0.717, 1.165) is 6.33 Å². The smallest absolute Gasteiger partial charge is 0.354 e. The summed E-state index contributed by atoms with van der Waals surface area (Å²) in [5.74, 6) is -1.29. The lowest BCUT2D eigenvalue weighted by Crippen LogP contribution is -2.09. The van der Waals surface area contributed by atoms with Crippen molar-refractivity contribution < 1.29 is 14.7 Å². The third-order valence-electron chi connectivity index (χ3n) is 1.19. The first-order valence-corrected chi connectivity index (χ1v) is 3.42. The maximum Gasteiger partial charge on any atom is 0.354 e. The minimum atomic E-state index is -1.16. The Bertz CT molecular complexity index is 351. The number of hydrogen-bond acceptors (Lipinski definition) is 4. The molecule has 0 aliphatic rings. The summed E-state index contributed by atoms with van der Waals surface area (Å²) < 4.78 is 0. The summed E-state index contributed by atoms with van der Waals surface area (Å²) in [6.07, 6.45) is 1.08. The number of aromatic nitrogens is 2. The van der Waals surface area contributed by atoms with E-state index in [1.54, 1.807) is 0 Å². The van der Waals surface area contributed by atoms with Gasteiger partial charge in [-0.3, -0.25) is 4.79 Å². The molecule has 0 saturated carbocycles. The van der Waals surface area contributed by atoms with E-state index in [4.69, 9.17) is 5.11 Å². The van der Waals surface area contributed by atoms with Crippen LogP contribution in [0.2, 0.25) is 0 Å². The molecule has 0 atom stereocenters. The van der Waals surface area contributed by atoms with Crippen LogP contribution >= 0.6 is 0 Å². The lowest BCUT2D eigenvalue weighted by Gasteiger charge is -1.99. The largest absolute Gasteiger partial charge is 0.477 e. The average molecular weight is 181 g/mol. The zero-order valence-electron chi connectivity index (χ0n) is 6.81. The van der Waals surface area contributed by atoms with Gasteiger partial charge < -0.3 is 10.4 Å². The van der Waals surface area contributed by atoms with Crippen molar-refractivity contribution in [2.45, 2.75) is 6.92 Å². The molecule has 1 amide bonds. The first-order valence-electron chi connectivity index (χ1n) is 3.42. The van der Waals surface area contributed by atoms with Crippen LogP contribution in [-0.4, -0.2) is 27.0 Å². The topological polar surface area (TPSA) is 92.2 Å². The number of carboxylic acid groups (broad SMARTS) is 1.